The van der Waals surface area contributed by atoms with Crippen molar-refractivity contribution in [2.24, 2.45) is 0 Å². The summed E-state index contributed by atoms with van der Waals surface area (Å²) < 4.78 is 0. The molecule has 0 rings (SSSR count). The molecule has 1 radical (unpaired) electrons. The lowest BCUT2D eigenvalue weighted by molar-refractivity contribution is 0.618. The second-order valence-electron chi connectivity index (χ2n) is 3.52. The van der Waals surface area contributed by atoms with Gasteiger partial charge in [0.1, 0.15) is 0 Å². The van der Waals surface area contributed by atoms with Gasteiger partial charge in [-0.1, -0.05) is 52.9 Å². The van der Waals surface area contributed by atoms with Gasteiger partial charge in [-0.15, -0.1) is 0 Å². The van der Waals surface area contributed by atoms with Gasteiger partial charge in [0.25, 0.3) is 0 Å². The summed E-state index contributed by atoms with van der Waals surface area (Å²) >= 11 is 0. The van der Waals surface area contributed by atoms with E-state index in [-0.39, 0.29) is 0 Å². The standard InChI is InChI=1S/C11H23/c1-4-6-8-10-11(3)9-7-5-2/h4-10H2,1-3H3. The first kappa shape index (κ1) is 11.0. The third-order valence-corrected chi connectivity index (χ3v) is 2.16. The van der Waals surface area contributed by atoms with E-state index in [1.54, 1.807) is 5.92 Å². The largest absolute Gasteiger partial charge is 0.0654 e. The van der Waals surface area contributed by atoms with Crippen LogP contribution in [0.3, 0.4) is 0 Å². The van der Waals surface area contributed by atoms with Crippen LogP contribution in [0.5, 0.6) is 0 Å². The first-order chi connectivity index (χ1) is 5.31. The predicted molar refractivity (Wildman–Crippen MR) is 52.6 cm³/mol. The van der Waals surface area contributed by atoms with Gasteiger partial charge in [0.2, 0.25) is 0 Å². The van der Waals surface area contributed by atoms with Crippen LogP contribution in [0, 0.1) is 5.92 Å². The summed E-state index contributed by atoms with van der Waals surface area (Å²) in [6.07, 6.45) is 9.62. The molecule has 0 heteroatoms. The molecule has 0 aliphatic heterocycles. The maximum atomic E-state index is 2.31. The van der Waals surface area contributed by atoms with Crippen LogP contribution in [0.4, 0.5) is 0 Å². The molecule has 0 aliphatic rings. The van der Waals surface area contributed by atoms with Crippen LogP contribution in [0.15, 0.2) is 0 Å². The third-order valence-electron chi connectivity index (χ3n) is 2.16. The number of hydrogen-bond donors (Lipinski definition) is 0. The highest BCUT2D eigenvalue weighted by atomic mass is 14.1. The zero-order chi connectivity index (χ0) is 8.53. The van der Waals surface area contributed by atoms with Crippen molar-refractivity contribution in [3.05, 3.63) is 5.92 Å². The van der Waals surface area contributed by atoms with E-state index >= 15 is 0 Å². The van der Waals surface area contributed by atoms with E-state index in [1.165, 1.54) is 44.9 Å². The molecule has 0 heterocycles. The van der Waals surface area contributed by atoms with Gasteiger partial charge >= 0.3 is 0 Å². The van der Waals surface area contributed by atoms with E-state index in [1.807, 2.05) is 0 Å². The molecule has 67 valence electrons. The van der Waals surface area contributed by atoms with Crippen LogP contribution >= 0.6 is 0 Å². The molecule has 0 aromatic rings. The smallest absolute Gasteiger partial charge is 0.0272 e. The van der Waals surface area contributed by atoms with E-state index in [2.05, 4.69) is 20.8 Å². The maximum Gasteiger partial charge on any atom is -0.0272 e. The Morgan fingerprint density at radius 2 is 1.36 bits per heavy atom. The Bertz CT molecular complexity index is 66.4. The van der Waals surface area contributed by atoms with Gasteiger partial charge < -0.3 is 0 Å². The summed E-state index contributed by atoms with van der Waals surface area (Å²) in [7, 11) is 0. The van der Waals surface area contributed by atoms with E-state index < -0.39 is 0 Å². The number of hydrogen-bond acceptors (Lipinski definition) is 0. The fourth-order valence-corrected chi connectivity index (χ4v) is 1.28. The molecule has 0 aromatic heterocycles. The summed E-state index contributed by atoms with van der Waals surface area (Å²) in [5.74, 6) is 1.71. The van der Waals surface area contributed by atoms with Gasteiger partial charge in [0, 0.05) is 0 Å². The zero-order valence-corrected chi connectivity index (χ0v) is 8.45. The van der Waals surface area contributed by atoms with Crippen molar-refractivity contribution in [2.45, 2.75) is 65.7 Å². The van der Waals surface area contributed by atoms with Gasteiger partial charge in [-0.25, -0.2) is 0 Å². The van der Waals surface area contributed by atoms with Crippen LogP contribution in [-0.4, -0.2) is 0 Å². The Labute approximate surface area is 72.4 Å². The summed E-state index contributed by atoms with van der Waals surface area (Å²) in [5.41, 5.74) is 0. The zero-order valence-electron chi connectivity index (χ0n) is 8.45. The lowest BCUT2D eigenvalue weighted by Crippen LogP contribution is -1.91. The second kappa shape index (κ2) is 8.10. The Kier molecular flexibility index (Phi) is 8.10. The third kappa shape index (κ3) is 7.90. The van der Waals surface area contributed by atoms with E-state index in [0.717, 1.165) is 0 Å². The lowest BCUT2D eigenvalue weighted by Gasteiger charge is -2.08. The van der Waals surface area contributed by atoms with Gasteiger partial charge in [0.15, 0.2) is 0 Å². The molecule has 0 spiro atoms. The Morgan fingerprint density at radius 1 is 0.818 bits per heavy atom. The number of rotatable bonds is 7. The van der Waals surface area contributed by atoms with Crippen LogP contribution in [-0.2, 0) is 0 Å². The van der Waals surface area contributed by atoms with Crippen molar-refractivity contribution in [1.29, 1.82) is 0 Å². The molecule has 0 N–H and O–H groups in total. The van der Waals surface area contributed by atoms with Gasteiger partial charge in [-0.05, 0) is 18.8 Å². The SMILES string of the molecule is CCCCC[C](C)CCCC. The fourth-order valence-electron chi connectivity index (χ4n) is 1.28. The molecular formula is C11H23. The van der Waals surface area contributed by atoms with E-state index in [9.17, 15) is 0 Å². The molecule has 0 nitrogen and oxygen atoms in total. The summed E-state index contributed by atoms with van der Waals surface area (Å²) in [5, 5.41) is 0. The summed E-state index contributed by atoms with van der Waals surface area (Å²) in [4.78, 5) is 0. The first-order valence-electron chi connectivity index (χ1n) is 5.12. The van der Waals surface area contributed by atoms with Gasteiger partial charge in [-0.2, -0.15) is 0 Å². The van der Waals surface area contributed by atoms with E-state index in [0.29, 0.717) is 0 Å². The Balaban J connectivity index is 3.02. The molecule has 0 unspecified atom stereocenters. The van der Waals surface area contributed by atoms with E-state index in [4.69, 9.17) is 0 Å². The lowest BCUT2D eigenvalue weighted by atomic mass is 9.98. The summed E-state index contributed by atoms with van der Waals surface area (Å²) in [6, 6.07) is 0. The topological polar surface area (TPSA) is 0 Å². The quantitative estimate of drug-likeness (QED) is 0.479. The van der Waals surface area contributed by atoms with Crippen molar-refractivity contribution >= 4 is 0 Å². The minimum atomic E-state index is 1.34. The molecule has 0 amide bonds. The minimum absolute atomic E-state index is 1.34. The first-order valence-corrected chi connectivity index (χ1v) is 5.12. The number of unbranched alkanes of at least 4 members (excludes halogenated alkanes) is 3. The molecule has 0 aromatic carbocycles. The highest BCUT2D eigenvalue weighted by Gasteiger charge is 2.00. The molecule has 11 heavy (non-hydrogen) atoms. The van der Waals surface area contributed by atoms with Crippen molar-refractivity contribution in [1.82, 2.24) is 0 Å². The minimum Gasteiger partial charge on any atom is -0.0654 e. The second-order valence-corrected chi connectivity index (χ2v) is 3.52. The Morgan fingerprint density at radius 3 is 1.91 bits per heavy atom. The van der Waals surface area contributed by atoms with Crippen LogP contribution in [0.2, 0.25) is 0 Å². The van der Waals surface area contributed by atoms with Crippen molar-refractivity contribution in [3.63, 3.8) is 0 Å². The van der Waals surface area contributed by atoms with Gasteiger partial charge in [-0.3, -0.25) is 0 Å². The molecular weight excluding hydrogens is 132 g/mol. The predicted octanol–water partition coefficient (Wildman–Crippen LogP) is 4.35. The van der Waals surface area contributed by atoms with Crippen molar-refractivity contribution in [2.75, 3.05) is 0 Å². The molecule has 0 aliphatic carbocycles. The molecule has 0 bridgehead atoms. The summed E-state index contributed by atoms with van der Waals surface area (Å²) in [6.45, 7) is 6.84. The fraction of sp³-hybridized carbons (Fsp3) is 0.909. The highest BCUT2D eigenvalue weighted by molar-refractivity contribution is 4.82. The average Bonchev–Trinajstić information content (AvgIpc) is 2.01. The van der Waals surface area contributed by atoms with Gasteiger partial charge in [0.05, 0.1) is 0 Å². The average molecular weight is 155 g/mol. The van der Waals surface area contributed by atoms with Crippen LogP contribution in [0.25, 0.3) is 0 Å². The highest BCUT2D eigenvalue weighted by Crippen LogP contribution is 2.17. The normalized spacial score (nSPS) is 10.9. The van der Waals surface area contributed by atoms with Crippen LogP contribution < -0.4 is 0 Å². The van der Waals surface area contributed by atoms with Crippen LogP contribution in [0.1, 0.15) is 65.7 Å². The maximum absolute atomic E-state index is 2.31. The molecule has 0 saturated carbocycles. The molecule has 0 atom stereocenters. The monoisotopic (exact) mass is 155 g/mol. The van der Waals surface area contributed by atoms with Crippen molar-refractivity contribution in [3.8, 4) is 0 Å². The van der Waals surface area contributed by atoms with Crippen molar-refractivity contribution < 1.29 is 0 Å². The molecule has 0 fully saturated rings. The Hall–Kier alpha value is 0. The molecule has 0 saturated heterocycles.